The van der Waals surface area contributed by atoms with Crippen molar-refractivity contribution >= 4 is 5.97 Å². The number of hydrogen-bond donors (Lipinski definition) is 2. The van der Waals surface area contributed by atoms with Crippen molar-refractivity contribution in [2.45, 2.75) is 38.5 Å². The highest BCUT2D eigenvalue weighted by Gasteiger charge is 2.15. The Labute approximate surface area is 120 Å². The van der Waals surface area contributed by atoms with Crippen molar-refractivity contribution in [2.75, 3.05) is 20.3 Å². The van der Waals surface area contributed by atoms with Crippen LogP contribution >= 0.6 is 0 Å². The summed E-state index contributed by atoms with van der Waals surface area (Å²) in [6.07, 6.45) is 1.30. The van der Waals surface area contributed by atoms with Gasteiger partial charge in [-0.3, -0.25) is 0 Å². The van der Waals surface area contributed by atoms with Crippen LogP contribution in [0.2, 0.25) is 0 Å². The molecule has 112 valence electrons. The molecule has 2 unspecified atom stereocenters. The predicted molar refractivity (Wildman–Crippen MR) is 78.0 cm³/mol. The minimum Gasteiger partial charge on any atom is -0.465 e. The molecule has 4 heteroatoms. The first-order chi connectivity index (χ1) is 9.53. The standard InChI is InChI=1S/C16H24O4/c1-11(4-6-17)13-8-14(12(2)5-7-18)10-15(9-13)16(19)20-3/h8-12,17-18H,4-7H2,1-3H3. The lowest BCUT2D eigenvalue weighted by Crippen LogP contribution is -2.07. The monoisotopic (exact) mass is 280 g/mol. The third-order valence-electron chi connectivity index (χ3n) is 3.66. The molecule has 0 aliphatic heterocycles. The molecule has 0 radical (unpaired) electrons. The summed E-state index contributed by atoms with van der Waals surface area (Å²) in [5, 5.41) is 18.1. The average molecular weight is 280 g/mol. The van der Waals surface area contributed by atoms with Crippen molar-refractivity contribution < 1.29 is 19.7 Å². The molecule has 0 aromatic heterocycles. The first-order valence-corrected chi connectivity index (χ1v) is 6.98. The molecule has 2 atom stereocenters. The zero-order valence-corrected chi connectivity index (χ0v) is 12.4. The fraction of sp³-hybridized carbons (Fsp3) is 0.562. The fourth-order valence-electron chi connectivity index (χ4n) is 2.20. The Hall–Kier alpha value is -1.39. The lowest BCUT2D eigenvalue weighted by molar-refractivity contribution is 0.0600. The van der Waals surface area contributed by atoms with Crippen LogP contribution in [0.15, 0.2) is 18.2 Å². The lowest BCUT2D eigenvalue weighted by atomic mass is 9.89. The Morgan fingerprint density at radius 3 is 1.85 bits per heavy atom. The van der Waals surface area contributed by atoms with Gasteiger partial charge < -0.3 is 14.9 Å². The number of esters is 1. The maximum Gasteiger partial charge on any atom is 0.337 e. The number of methoxy groups -OCH3 is 1. The molecule has 2 N–H and O–H groups in total. The summed E-state index contributed by atoms with van der Waals surface area (Å²) in [5.74, 6) is -0.0186. The minimum atomic E-state index is -0.361. The van der Waals surface area contributed by atoms with Crippen LogP contribution in [-0.4, -0.2) is 36.5 Å². The highest BCUT2D eigenvalue weighted by atomic mass is 16.5. The topological polar surface area (TPSA) is 66.8 Å². The van der Waals surface area contributed by atoms with E-state index in [0.717, 1.165) is 11.1 Å². The summed E-state index contributed by atoms with van der Waals surface area (Å²) in [4.78, 5) is 11.8. The summed E-state index contributed by atoms with van der Waals surface area (Å²) in [6, 6.07) is 5.69. The van der Waals surface area contributed by atoms with Gasteiger partial charge in [-0.05, 0) is 47.9 Å². The van der Waals surface area contributed by atoms with E-state index in [-0.39, 0.29) is 31.0 Å². The number of carbonyl (C=O) groups excluding carboxylic acids is 1. The van der Waals surface area contributed by atoms with Gasteiger partial charge in [0.1, 0.15) is 0 Å². The molecule has 0 saturated heterocycles. The molecule has 4 nitrogen and oxygen atoms in total. The van der Waals surface area contributed by atoms with Crippen LogP contribution in [0.5, 0.6) is 0 Å². The van der Waals surface area contributed by atoms with Crippen LogP contribution in [0.1, 0.15) is 60.0 Å². The highest BCUT2D eigenvalue weighted by Crippen LogP contribution is 2.27. The molecule has 20 heavy (non-hydrogen) atoms. The van der Waals surface area contributed by atoms with E-state index in [4.69, 9.17) is 14.9 Å². The molecule has 0 amide bonds. The van der Waals surface area contributed by atoms with E-state index in [0.29, 0.717) is 18.4 Å². The van der Waals surface area contributed by atoms with Gasteiger partial charge >= 0.3 is 5.97 Å². The summed E-state index contributed by atoms with van der Waals surface area (Å²) in [7, 11) is 1.36. The van der Waals surface area contributed by atoms with Crippen LogP contribution in [-0.2, 0) is 4.74 Å². The third-order valence-corrected chi connectivity index (χ3v) is 3.66. The Kier molecular flexibility index (Phi) is 6.68. The maximum absolute atomic E-state index is 11.8. The van der Waals surface area contributed by atoms with Gasteiger partial charge in [0.05, 0.1) is 12.7 Å². The molecule has 0 saturated carbocycles. The lowest BCUT2D eigenvalue weighted by Gasteiger charge is -2.17. The van der Waals surface area contributed by atoms with Crippen molar-refractivity contribution in [3.63, 3.8) is 0 Å². The Morgan fingerprint density at radius 2 is 1.50 bits per heavy atom. The molecule has 1 rings (SSSR count). The van der Waals surface area contributed by atoms with E-state index in [1.165, 1.54) is 7.11 Å². The first kappa shape index (κ1) is 16.7. The van der Waals surface area contributed by atoms with E-state index in [9.17, 15) is 4.79 Å². The van der Waals surface area contributed by atoms with Crippen LogP contribution in [0.25, 0.3) is 0 Å². The molecule has 1 aromatic carbocycles. The predicted octanol–water partition coefficient (Wildman–Crippen LogP) is 2.45. The van der Waals surface area contributed by atoms with Crippen LogP contribution in [0.3, 0.4) is 0 Å². The van der Waals surface area contributed by atoms with Crippen LogP contribution in [0, 0.1) is 0 Å². The van der Waals surface area contributed by atoms with E-state index in [1.54, 1.807) is 0 Å². The quantitative estimate of drug-likeness (QED) is 0.753. The molecule has 0 heterocycles. The minimum absolute atomic E-state index is 0.116. The molecule has 0 bridgehead atoms. The Bertz CT molecular complexity index is 412. The van der Waals surface area contributed by atoms with Crippen molar-refractivity contribution in [1.29, 1.82) is 0 Å². The zero-order chi connectivity index (χ0) is 15.1. The van der Waals surface area contributed by atoms with Crippen LogP contribution < -0.4 is 0 Å². The second-order valence-corrected chi connectivity index (χ2v) is 5.21. The second-order valence-electron chi connectivity index (χ2n) is 5.21. The van der Waals surface area contributed by atoms with Gasteiger partial charge in [-0.1, -0.05) is 19.9 Å². The van der Waals surface area contributed by atoms with Crippen molar-refractivity contribution in [2.24, 2.45) is 0 Å². The van der Waals surface area contributed by atoms with Gasteiger partial charge in [0, 0.05) is 13.2 Å². The molecular weight excluding hydrogens is 256 g/mol. The fourth-order valence-corrected chi connectivity index (χ4v) is 2.20. The number of rotatable bonds is 7. The summed E-state index contributed by atoms with van der Waals surface area (Å²) >= 11 is 0. The SMILES string of the molecule is COC(=O)c1cc(C(C)CCO)cc(C(C)CCO)c1. The van der Waals surface area contributed by atoms with Crippen molar-refractivity contribution in [3.05, 3.63) is 34.9 Å². The van der Waals surface area contributed by atoms with Crippen molar-refractivity contribution in [3.8, 4) is 0 Å². The second kappa shape index (κ2) is 8.02. The number of carbonyl (C=O) groups is 1. The number of benzene rings is 1. The highest BCUT2D eigenvalue weighted by molar-refractivity contribution is 5.89. The summed E-state index contributed by atoms with van der Waals surface area (Å²) in [6.45, 7) is 4.27. The van der Waals surface area contributed by atoms with Crippen LogP contribution in [0.4, 0.5) is 0 Å². The summed E-state index contributed by atoms with van der Waals surface area (Å²) < 4.78 is 4.79. The smallest absolute Gasteiger partial charge is 0.337 e. The molecular formula is C16H24O4. The Balaban J connectivity index is 3.16. The van der Waals surface area contributed by atoms with Gasteiger partial charge in [-0.25, -0.2) is 4.79 Å². The zero-order valence-electron chi connectivity index (χ0n) is 12.4. The maximum atomic E-state index is 11.8. The number of aliphatic hydroxyl groups excluding tert-OH is 2. The molecule has 0 aliphatic carbocycles. The number of aliphatic hydroxyl groups is 2. The molecule has 0 aliphatic rings. The number of hydrogen-bond acceptors (Lipinski definition) is 4. The third kappa shape index (κ3) is 4.32. The van der Waals surface area contributed by atoms with Gasteiger partial charge in [0.15, 0.2) is 0 Å². The van der Waals surface area contributed by atoms with Gasteiger partial charge in [-0.2, -0.15) is 0 Å². The van der Waals surface area contributed by atoms with Crippen molar-refractivity contribution in [1.82, 2.24) is 0 Å². The molecule has 0 fully saturated rings. The van der Waals surface area contributed by atoms with E-state index >= 15 is 0 Å². The van der Waals surface area contributed by atoms with Gasteiger partial charge in [0.2, 0.25) is 0 Å². The van der Waals surface area contributed by atoms with Gasteiger partial charge in [-0.15, -0.1) is 0 Å². The van der Waals surface area contributed by atoms with E-state index in [2.05, 4.69) is 0 Å². The number of ether oxygens (including phenoxy) is 1. The van der Waals surface area contributed by atoms with E-state index < -0.39 is 0 Å². The van der Waals surface area contributed by atoms with E-state index in [1.807, 2.05) is 32.0 Å². The first-order valence-electron chi connectivity index (χ1n) is 6.98. The molecule has 0 spiro atoms. The Morgan fingerprint density at radius 1 is 1.05 bits per heavy atom. The average Bonchev–Trinajstić information content (AvgIpc) is 2.46. The normalized spacial score (nSPS) is 13.8. The van der Waals surface area contributed by atoms with Gasteiger partial charge in [0.25, 0.3) is 0 Å². The largest absolute Gasteiger partial charge is 0.465 e. The molecule has 1 aromatic rings. The summed E-state index contributed by atoms with van der Waals surface area (Å²) in [5.41, 5.74) is 2.55.